The summed E-state index contributed by atoms with van der Waals surface area (Å²) in [6.45, 7) is 3.89. The van der Waals surface area contributed by atoms with Gasteiger partial charge in [-0.2, -0.15) is 0 Å². The van der Waals surface area contributed by atoms with Crippen LogP contribution in [0, 0.1) is 12.8 Å². The number of carbonyl (C=O) groups is 2. The lowest BCUT2D eigenvalue weighted by Crippen LogP contribution is -2.29. The quantitative estimate of drug-likeness (QED) is 0.366. The Labute approximate surface area is 154 Å². The second-order valence-corrected chi connectivity index (χ2v) is 9.33. The van der Waals surface area contributed by atoms with Crippen LogP contribution in [0.5, 0.6) is 0 Å². The van der Waals surface area contributed by atoms with Gasteiger partial charge in [0.1, 0.15) is 0 Å². The largest absolute Gasteiger partial charge is 0.481 e. The fourth-order valence-electron chi connectivity index (χ4n) is 3.24. The van der Waals surface area contributed by atoms with Crippen molar-refractivity contribution in [3.8, 4) is 0 Å². The van der Waals surface area contributed by atoms with Crippen LogP contribution in [0.2, 0.25) is 0 Å². The van der Waals surface area contributed by atoms with Gasteiger partial charge in [-0.05, 0) is 25.3 Å². The van der Waals surface area contributed by atoms with Crippen LogP contribution in [0.1, 0.15) is 56.6 Å². The Bertz CT molecular complexity index is 657. The molecule has 0 fully saturated rings. The zero-order valence-electron chi connectivity index (χ0n) is 15.4. The number of hydrogen-bond acceptors (Lipinski definition) is 3. The number of aliphatic carboxylic acids is 2. The van der Waals surface area contributed by atoms with Crippen molar-refractivity contribution in [2.24, 2.45) is 5.92 Å². The van der Waals surface area contributed by atoms with Gasteiger partial charge in [-0.3, -0.25) is 14.2 Å². The smallest absolute Gasteiger partial charge is 0.307 e. The van der Waals surface area contributed by atoms with Crippen molar-refractivity contribution in [1.29, 1.82) is 0 Å². The maximum Gasteiger partial charge on any atom is 0.307 e. The zero-order valence-corrected chi connectivity index (χ0v) is 16.3. The van der Waals surface area contributed by atoms with Gasteiger partial charge in [0.25, 0.3) is 0 Å². The summed E-state index contributed by atoms with van der Waals surface area (Å²) in [5, 5.41) is 18.4. The lowest BCUT2D eigenvalue weighted by Gasteiger charge is -2.28. The van der Waals surface area contributed by atoms with Crippen molar-refractivity contribution in [2.45, 2.75) is 64.2 Å². The summed E-state index contributed by atoms with van der Waals surface area (Å²) >= 11 is 0. The third kappa shape index (κ3) is 7.30. The molecule has 146 valence electrons. The van der Waals surface area contributed by atoms with Crippen LogP contribution in [0.15, 0.2) is 24.3 Å². The molecule has 1 aromatic rings. The molecule has 3 N–H and O–H groups in total. The van der Waals surface area contributed by atoms with E-state index in [-0.39, 0.29) is 19.0 Å². The van der Waals surface area contributed by atoms with E-state index in [9.17, 15) is 24.2 Å². The summed E-state index contributed by atoms with van der Waals surface area (Å²) < 4.78 is 13.1. The van der Waals surface area contributed by atoms with Crippen LogP contribution in [0.4, 0.5) is 0 Å². The summed E-state index contributed by atoms with van der Waals surface area (Å²) in [5.41, 5.74) is 0.718. The molecule has 3 atom stereocenters. The first kappa shape index (κ1) is 22.4. The monoisotopic (exact) mass is 384 g/mol. The minimum absolute atomic E-state index is 0.0949. The molecule has 0 aliphatic carbocycles. The predicted molar refractivity (Wildman–Crippen MR) is 101 cm³/mol. The Hall–Kier alpha value is -1.65. The van der Waals surface area contributed by atoms with Crippen LogP contribution >= 0.6 is 7.37 Å². The molecule has 0 aliphatic heterocycles. The van der Waals surface area contributed by atoms with Crippen LogP contribution in [-0.4, -0.2) is 32.7 Å². The average Bonchev–Trinajstić information content (AvgIpc) is 2.52. The number of carboxylic acid groups (broad SMARTS) is 2. The summed E-state index contributed by atoms with van der Waals surface area (Å²) in [7, 11) is -3.83. The highest BCUT2D eigenvalue weighted by Crippen LogP contribution is 2.55. The summed E-state index contributed by atoms with van der Waals surface area (Å²) in [6.07, 6.45) is 2.15. The fourth-order valence-corrected chi connectivity index (χ4v) is 5.62. The average molecular weight is 384 g/mol. The molecule has 6 nitrogen and oxygen atoms in total. The summed E-state index contributed by atoms with van der Waals surface area (Å²) in [4.78, 5) is 33.3. The molecule has 0 spiro atoms. The first-order valence-corrected chi connectivity index (χ1v) is 10.9. The van der Waals surface area contributed by atoms with Crippen molar-refractivity contribution >= 4 is 19.3 Å². The molecule has 26 heavy (non-hydrogen) atoms. The van der Waals surface area contributed by atoms with Crippen molar-refractivity contribution in [1.82, 2.24) is 0 Å². The van der Waals surface area contributed by atoms with Gasteiger partial charge in [-0.25, -0.2) is 0 Å². The molecule has 0 radical (unpaired) electrons. The number of benzene rings is 1. The third-order valence-corrected chi connectivity index (χ3v) is 7.04. The number of hydrogen-bond donors (Lipinski definition) is 3. The number of rotatable bonds is 12. The van der Waals surface area contributed by atoms with E-state index in [1.165, 1.54) is 0 Å². The Morgan fingerprint density at radius 2 is 1.85 bits per heavy atom. The van der Waals surface area contributed by atoms with E-state index in [2.05, 4.69) is 0 Å². The molecule has 1 rings (SSSR count). The number of unbranched alkanes of at least 4 members (excludes halogenated alkanes) is 2. The lowest BCUT2D eigenvalue weighted by molar-refractivity contribution is -0.143. The van der Waals surface area contributed by atoms with Crippen molar-refractivity contribution < 1.29 is 29.3 Å². The summed E-state index contributed by atoms with van der Waals surface area (Å²) in [6, 6.07) is 7.26. The van der Waals surface area contributed by atoms with Crippen LogP contribution in [0.3, 0.4) is 0 Å². The molecule has 0 aromatic heterocycles. The standard InChI is InChI=1S/C19H29O6P/c1-3-4-5-9-17(16(19(22)23)10-11-18(20)21)26(24,25)13-15-8-6-7-14(2)12-15/h6-8,12,16-17H,3-5,9-11,13H2,1-2H3,(H,20,21)(H,22,23)(H,24,25). The SMILES string of the molecule is CCCCCC(C(CCC(=O)O)C(=O)O)P(=O)(O)Cc1cccc(C)c1. The van der Waals surface area contributed by atoms with Gasteiger partial charge in [0.15, 0.2) is 0 Å². The first-order valence-electron chi connectivity index (χ1n) is 8.99. The van der Waals surface area contributed by atoms with Gasteiger partial charge in [0.05, 0.1) is 5.92 Å². The second-order valence-electron chi connectivity index (χ2n) is 6.84. The molecule has 0 saturated heterocycles. The highest BCUT2D eigenvalue weighted by atomic mass is 31.2. The van der Waals surface area contributed by atoms with Gasteiger partial charge in [0.2, 0.25) is 7.37 Å². The van der Waals surface area contributed by atoms with Crippen LogP contribution in [-0.2, 0) is 20.3 Å². The minimum Gasteiger partial charge on any atom is -0.481 e. The molecule has 0 saturated carbocycles. The molecule has 0 aliphatic rings. The van der Waals surface area contributed by atoms with Gasteiger partial charge in [0, 0.05) is 18.2 Å². The van der Waals surface area contributed by atoms with Crippen molar-refractivity contribution in [3.63, 3.8) is 0 Å². The van der Waals surface area contributed by atoms with Gasteiger partial charge in [-0.1, -0.05) is 56.0 Å². The van der Waals surface area contributed by atoms with E-state index in [0.29, 0.717) is 18.4 Å². The Balaban J connectivity index is 3.08. The molecule has 1 aromatic carbocycles. The Morgan fingerprint density at radius 1 is 1.15 bits per heavy atom. The maximum absolute atomic E-state index is 13.1. The van der Waals surface area contributed by atoms with E-state index in [1.54, 1.807) is 12.1 Å². The first-order chi connectivity index (χ1) is 12.2. The van der Waals surface area contributed by atoms with Gasteiger partial charge >= 0.3 is 11.9 Å². The molecule has 0 amide bonds. The number of carboxylic acids is 2. The van der Waals surface area contributed by atoms with Gasteiger partial charge in [-0.15, -0.1) is 0 Å². The van der Waals surface area contributed by atoms with Crippen LogP contribution < -0.4 is 0 Å². The zero-order chi connectivity index (χ0) is 19.7. The molecule has 3 unspecified atom stereocenters. The van der Waals surface area contributed by atoms with E-state index in [0.717, 1.165) is 18.4 Å². The Kier molecular flexibility index (Phi) is 9.03. The molecule has 7 heteroatoms. The van der Waals surface area contributed by atoms with Crippen molar-refractivity contribution in [2.75, 3.05) is 0 Å². The maximum atomic E-state index is 13.1. The van der Waals surface area contributed by atoms with E-state index >= 15 is 0 Å². The Morgan fingerprint density at radius 3 is 2.38 bits per heavy atom. The van der Waals surface area contributed by atoms with Crippen LogP contribution in [0.25, 0.3) is 0 Å². The summed E-state index contributed by atoms with van der Waals surface area (Å²) in [5.74, 6) is -3.44. The molecular weight excluding hydrogens is 355 g/mol. The highest BCUT2D eigenvalue weighted by Gasteiger charge is 2.40. The second kappa shape index (κ2) is 10.5. The predicted octanol–water partition coefficient (Wildman–Crippen LogP) is 4.28. The molecule has 0 heterocycles. The van der Waals surface area contributed by atoms with E-state index in [1.807, 2.05) is 26.0 Å². The van der Waals surface area contributed by atoms with Crippen molar-refractivity contribution in [3.05, 3.63) is 35.4 Å². The lowest BCUT2D eigenvalue weighted by atomic mass is 9.95. The normalized spacial score (nSPS) is 15.8. The minimum atomic E-state index is -3.83. The molecule has 0 bridgehead atoms. The topological polar surface area (TPSA) is 112 Å². The molecular formula is C19H29O6P. The van der Waals surface area contributed by atoms with E-state index in [4.69, 9.17) is 5.11 Å². The number of aryl methyl sites for hydroxylation is 1. The van der Waals surface area contributed by atoms with E-state index < -0.39 is 30.9 Å². The highest BCUT2D eigenvalue weighted by molar-refractivity contribution is 7.58. The fraction of sp³-hybridized carbons (Fsp3) is 0.579. The van der Waals surface area contributed by atoms with Gasteiger partial charge < -0.3 is 15.1 Å². The third-order valence-electron chi connectivity index (χ3n) is 4.56.